The van der Waals surface area contributed by atoms with Gasteiger partial charge in [0.2, 0.25) is 11.8 Å². The average Bonchev–Trinajstić information content (AvgIpc) is 3.00. The van der Waals surface area contributed by atoms with Gasteiger partial charge in [0.05, 0.1) is 18.2 Å². The van der Waals surface area contributed by atoms with Gasteiger partial charge >= 0.3 is 5.97 Å². The number of rotatable bonds is 9. The van der Waals surface area contributed by atoms with Gasteiger partial charge in [-0.25, -0.2) is 20.7 Å². The fourth-order valence-corrected chi connectivity index (χ4v) is 5.07. The summed E-state index contributed by atoms with van der Waals surface area (Å²) in [5.41, 5.74) is 3.52. The van der Waals surface area contributed by atoms with Crippen LogP contribution >= 0.6 is 11.6 Å². The molecule has 0 aromatic heterocycles. The number of aliphatic carboxylic acids is 1. The van der Waals surface area contributed by atoms with Crippen LogP contribution in [-0.2, 0) is 28.8 Å². The number of aliphatic hydroxyl groups is 4. The zero-order valence-corrected chi connectivity index (χ0v) is 24.7. The molecule has 19 nitrogen and oxygen atoms in total. The normalized spacial score (nSPS) is 29.3. The van der Waals surface area contributed by atoms with Crippen LogP contribution in [0, 0.1) is 0 Å². The molecule has 0 aromatic carbocycles. The minimum absolute atomic E-state index is 0.0452. The average molecular weight is 649 g/mol. The van der Waals surface area contributed by atoms with Crippen LogP contribution in [0.1, 0.15) is 33.1 Å². The van der Waals surface area contributed by atoms with Gasteiger partial charge in [-0.15, -0.1) is 11.6 Å². The Balaban J connectivity index is 1.79. The molecule has 44 heavy (non-hydrogen) atoms. The Morgan fingerprint density at radius 1 is 1.09 bits per heavy atom. The van der Waals surface area contributed by atoms with Crippen molar-refractivity contribution in [3.05, 3.63) is 0 Å². The molecular weight excluding hydrogens is 612 g/mol. The van der Waals surface area contributed by atoms with Crippen molar-refractivity contribution in [3.8, 4) is 0 Å². The maximum atomic E-state index is 13.8. The highest BCUT2D eigenvalue weighted by Gasteiger charge is 2.46. The topological polar surface area (TPSA) is 274 Å². The number of nitrogens with zero attached hydrogens (tertiary/aromatic N) is 4. The molecular formula is C24H37ClN8O11. The van der Waals surface area contributed by atoms with Crippen molar-refractivity contribution in [2.75, 3.05) is 26.3 Å². The third-order valence-corrected chi connectivity index (χ3v) is 7.77. The summed E-state index contributed by atoms with van der Waals surface area (Å²) in [5, 5.41) is 58.4. The van der Waals surface area contributed by atoms with Crippen molar-refractivity contribution in [2.24, 2.45) is 5.10 Å². The number of nitrogens with one attached hydrogen (secondary N) is 4. The predicted molar refractivity (Wildman–Crippen MR) is 148 cm³/mol. The van der Waals surface area contributed by atoms with Crippen molar-refractivity contribution >= 4 is 53.3 Å². The van der Waals surface area contributed by atoms with Gasteiger partial charge in [0.1, 0.15) is 36.9 Å². The number of carboxylic acid groups (broad SMARTS) is 1. The molecule has 0 bridgehead atoms. The molecule has 0 radical (unpaired) electrons. The Kier molecular flexibility index (Phi) is 11.6. The summed E-state index contributed by atoms with van der Waals surface area (Å²) in [6.45, 7) is 0.719. The molecule has 20 heteroatoms. The summed E-state index contributed by atoms with van der Waals surface area (Å²) in [7, 11) is 0. The van der Waals surface area contributed by atoms with E-state index in [0.717, 1.165) is 23.2 Å². The third-order valence-electron chi connectivity index (χ3n) is 7.44. The summed E-state index contributed by atoms with van der Waals surface area (Å²) >= 11 is 6.30. The number of hydrogen-bond acceptors (Lipinski definition) is 13. The fourth-order valence-electron chi connectivity index (χ4n) is 4.83. The first-order chi connectivity index (χ1) is 20.7. The van der Waals surface area contributed by atoms with Gasteiger partial charge in [-0.2, -0.15) is 5.10 Å². The maximum absolute atomic E-state index is 13.8. The van der Waals surface area contributed by atoms with E-state index in [-0.39, 0.29) is 25.9 Å². The molecule has 0 saturated carbocycles. The molecule has 0 aliphatic carbocycles. The lowest BCUT2D eigenvalue weighted by Crippen LogP contribution is -2.70. The summed E-state index contributed by atoms with van der Waals surface area (Å²) in [6.07, 6.45) is -2.15. The van der Waals surface area contributed by atoms with Crippen LogP contribution in [0.2, 0.25) is 0 Å². The molecule has 0 spiro atoms. The zero-order valence-electron chi connectivity index (χ0n) is 23.9. The van der Waals surface area contributed by atoms with Gasteiger partial charge in [0.25, 0.3) is 17.7 Å². The summed E-state index contributed by atoms with van der Waals surface area (Å²) in [4.78, 5) is 77.2. The molecule has 2 saturated heterocycles. The number of aliphatic hydroxyl groups excluding tert-OH is 4. The monoisotopic (exact) mass is 648 g/mol. The lowest BCUT2D eigenvalue weighted by atomic mass is 10.00. The highest BCUT2D eigenvalue weighted by atomic mass is 35.5. The van der Waals surface area contributed by atoms with Crippen LogP contribution in [0.15, 0.2) is 5.10 Å². The number of carbonyl (C=O) groups is 6. The van der Waals surface area contributed by atoms with Crippen molar-refractivity contribution < 1.29 is 54.3 Å². The lowest BCUT2D eigenvalue weighted by Gasteiger charge is -2.43. The van der Waals surface area contributed by atoms with E-state index in [4.69, 9.17) is 11.6 Å². The molecule has 8 atom stereocenters. The van der Waals surface area contributed by atoms with Crippen LogP contribution in [0.3, 0.4) is 0 Å². The molecule has 0 aromatic rings. The minimum Gasteiger partial charge on any atom is -0.479 e. The first-order valence-corrected chi connectivity index (χ1v) is 14.2. The number of hydrazone groups is 1. The minimum atomic E-state index is -2.02. The number of carboxylic acids is 1. The van der Waals surface area contributed by atoms with Crippen LogP contribution in [0.4, 0.5) is 0 Å². The van der Waals surface area contributed by atoms with E-state index < -0.39 is 96.0 Å². The second-order valence-electron chi connectivity index (χ2n) is 10.8. The molecule has 3 aliphatic heterocycles. The second kappa shape index (κ2) is 14.5. The Morgan fingerprint density at radius 2 is 1.77 bits per heavy atom. The van der Waals surface area contributed by atoms with E-state index in [1.54, 1.807) is 0 Å². The standard InChI is InChI=1S/C24H37ClN8O11/c1-11(29-20(40)17-18(38)15(36)8-28-33(17)16(37)9-34)21(41)32-14(6-12(25)7-27-32)22(42)31-13(4-3-5-26-31)19(39)30-24(2,10-35)23(43)44/h8,11-15,17-18,26-27,34-36,38H,3-7,9-10H2,1-2H3,(H,29,40)(H,30,39)(H,43,44)/t11-,12-,13-,14+,15-,17+,18-,24-/m0/s1. The van der Waals surface area contributed by atoms with Crippen LogP contribution in [0.25, 0.3) is 0 Å². The quantitative estimate of drug-likeness (QED) is 0.106. The second-order valence-corrected chi connectivity index (χ2v) is 11.4. The molecule has 3 rings (SSSR count). The van der Waals surface area contributed by atoms with Gasteiger partial charge in [0, 0.05) is 13.1 Å². The van der Waals surface area contributed by atoms with Crippen LogP contribution in [0.5, 0.6) is 0 Å². The SMILES string of the molecule is C[C@H](NC(=O)[C@H]1[C@@H](O)[C@@H](O)C=NN1C(=O)CO)C(=O)N1NC[C@@H](Cl)C[C@@H]1C(=O)N1NCCC[C@H]1C(=O)N[C@@](C)(CO)C(=O)O. The van der Waals surface area contributed by atoms with Crippen molar-refractivity contribution in [1.29, 1.82) is 0 Å². The highest BCUT2D eigenvalue weighted by Crippen LogP contribution is 2.22. The number of hydrogen-bond donors (Lipinski definition) is 9. The molecule has 9 N–H and O–H groups in total. The zero-order chi connectivity index (χ0) is 32.9. The molecule has 2 fully saturated rings. The first-order valence-electron chi connectivity index (χ1n) is 13.7. The largest absolute Gasteiger partial charge is 0.479 e. The molecule has 0 unspecified atom stereocenters. The number of amides is 5. The van der Waals surface area contributed by atoms with Crippen molar-refractivity contribution in [2.45, 2.75) is 80.4 Å². The van der Waals surface area contributed by atoms with Gasteiger partial charge in [-0.05, 0) is 33.1 Å². The van der Waals surface area contributed by atoms with Gasteiger partial charge < -0.3 is 36.2 Å². The summed E-state index contributed by atoms with van der Waals surface area (Å²) in [6, 6.07) is -5.69. The van der Waals surface area contributed by atoms with Gasteiger partial charge in [-0.3, -0.25) is 34.0 Å². The summed E-state index contributed by atoms with van der Waals surface area (Å²) < 4.78 is 0. The number of carbonyl (C=O) groups excluding carboxylic acids is 5. The Labute approximate surface area is 256 Å². The maximum Gasteiger partial charge on any atom is 0.331 e. The Bertz CT molecular complexity index is 1180. The fraction of sp³-hybridized carbons (Fsp3) is 0.708. The summed E-state index contributed by atoms with van der Waals surface area (Å²) in [5.74, 6) is -6.10. The van der Waals surface area contributed by atoms with Gasteiger partial charge in [-0.1, -0.05) is 0 Å². The van der Waals surface area contributed by atoms with E-state index in [0.29, 0.717) is 11.4 Å². The number of halogens is 1. The smallest absolute Gasteiger partial charge is 0.331 e. The first kappa shape index (κ1) is 35.0. The lowest BCUT2D eigenvalue weighted by molar-refractivity contribution is -0.161. The molecule has 3 aliphatic rings. The van der Waals surface area contributed by atoms with E-state index >= 15 is 0 Å². The Morgan fingerprint density at radius 3 is 2.39 bits per heavy atom. The van der Waals surface area contributed by atoms with Crippen molar-refractivity contribution in [1.82, 2.24) is 36.5 Å². The van der Waals surface area contributed by atoms with Crippen LogP contribution < -0.4 is 21.5 Å². The molecule has 5 amide bonds. The third kappa shape index (κ3) is 7.42. The van der Waals surface area contributed by atoms with E-state index in [1.807, 2.05) is 0 Å². The highest BCUT2D eigenvalue weighted by molar-refractivity contribution is 6.21. The van der Waals surface area contributed by atoms with E-state index in [2.05, 4.69) is 26.6 Å². The molecule has 246 valence electrons. The molecule has 3 heterocycles. The number of hydrazine groups is 2. The number of alkyl halides is 1. The van der Waals surface area contributed by atoms with Crippen molar-refractivity contribution in [3.63, 3.8) is 0 Å². The van der Waals surface area contributed by atoms with E-state index in [9.17, 15) is 54.3 Å². The van der Waals surface area contributed by atoms with Gasteiger partial charge in [0.15, 0.2) is 11.6 Å². The van der Waals surface area contributed by atoms with Crippen LogP contribution in [-0.4, -0.2) is 156 Å². The predicted octanol–water partition coefficient (Wildman–Crippen LogP) is -5.44. The van der Waals surface area contributed by atoms with E-state index in [1.165, 1.54) is 6.92 Å². The Hall–Kier alpha value is -3.46.